The van der Waals surface area contributed by atoms with Crippen LogP contribution in [0.5, 0.6) is 0 Å². The van der Waals surface area contributed by atoms with Crippen molar-refractivity contribution in [1.29, 1.82) is 0 Å². The second-order valence-corrected chi connectivity index (χ2v) is 5.49. The number of imide groups is 1. The summed E-state index contributed by atoms with van der Waals surface area (Å²) in [6, 6.07) is 0. The van der Waals surface area contributed by atoms with Gasteiger partial charge < -0.3 is 9.64 Å². The molecular formula is C14H22N2O4. The first-order chi connectivity index (χ1) is 9.57. The Hall–Kier alpha value is -1.43. The minimum absolute atomic E-state index is 0.0748. The summed E-state index contributed by atoms with van der Waals surface area (Å²) in [6.07, 6.45) is 4.13. The number of hydrogen-bond acceptors (Lipinski definition) is 4. The Kier molecular flexibility index (Phi) is 4.75. The SMILES string of the molecule is CCCCCC(=O)N1CCOC2(CCC(=O)NC2=O)C1. The number of piperidine rings is 1. The van der Waals surface area contributed by atoms with Gasteiger partial charge in [-0.05, 0) is 12.8 Å². The summed E-state index contributed by atoms with van der Waals surface area (Å²) >= 11 is 0. The average Bonchev–Trinajstić information content (AvgIpc) is 2.44. The van der Waals surface area contributed by atoms with Crippen molar-refractivity contribution >= 4 is 17.7 Å². The molecule has 6 nitrogen and oxygen atoms in total. The van der Waals surface area contributed by atoms with Gasteiger partial charge in [-0.2, -0.15) is 0 Å². The van der Waals surface area contributed by atoms with Crippen LogP contribution in [-0.4, -0.2) is 47.9 Å². The van der Waals surface area contributed by atoms with E-state index >= 15 is 0 Å². The van der Waals surface area contributed by atoms with Crippen molar-refractivity contribution in [1.82, 2.24) is 10.2 Å². The molecule has 20 heavy (non-hydrogen) atoms. The molecule has 2 fully saturated rings. The van der Waals surface area contributed by atoms with Crippen LogP contribution in [0, 0.1) is 0 Å². The molecule has 1 unspecified atom stereocenters. The van der Waals surface area contributed by atoms with Gasteiger partial charge in [0.05, 0.1) is 13.2 Å². The van der Waals surface area contributed by atoms with Crippen molar-refractivity contribution in [2.24, 2.45) is 0 Å². The highest BCUT2D eigenvalue weighted by atomic mass is 16.5. The number of carbonyl (C=O) groups excluding carboxylic acids is 3. The van der Waals surface area contributed by atoms with Gasteiger partial charge in [0.2, 0.25) is 11.8 Å². The summed E-state index contributed by atoms with van der Waals surface area (Å²) in [6.45, 7) is 3.23. The molecule has 1 atom stereocenters. The Morgan fingerprint density at radius 3 is 2.90 bits per heavy atom. The fourth-order valence-electron chi connectivity index (χ4n) is 2.70. The zero-order chi connectivity index (χ0) is 14.6. The van der Waals surface area contributed by atoms with E-state index < -0.39 is 11.5 Å². The zero-order valence-electron chi connectivity index (χ0n) is 11.9. The number of carbonyl (C=O) groups is 3. The molecule has 112 valence electrons. The van der Waals surface area contributed by atoms with Gasteiger partial charge in [0.1, 0.15) is 0 Å². The lowest BCUT2D eigenvalue weighted by molar-refractivity contribution is -0.172. The van der Waals surface area contributed by atoms with Crippen LogP contribution in [0.25, 0.3) is 0 Å². The van der Waals surface area contributed by atoms with Crippen molar-refractivity contribution in [2.75, 3.05) is 19.7 Å². The summed E-state index contributed by atoms with van der Waals surface area (Å²) in [5.74, 6) is -0.596. The smallest absolute Gasteiger partial charge is 0.260 e. The van der Waals surface area contributed by atoms with E-state index in [1.165, 1.54) is 0 Å². The maximum Gasteiger partial charge on any atom is 0.260 e. The van der Waals surface area contributed by atoms with Crippen molar-refractivity contribution in [3.05, 3.63) is 0 Å². The number of hydrogen-bond donors (Lipinski definition) is 1. The number of nitrogens with zero attached hydrogens (tertiary/aromatic N) is 1. The zero-order valence-corrected chi connectivity index (χ0v) is 11.9. The van der Waals surface area contributed by atoms with Crippen molar-refractivity contribution in [3.63, 3.8) is 0 Å². The third-order valence-electron chi connectivity index (χ3n) is 3.96. The van der Waals surface area contributed by atoms with Gasteiger partial charge >= 0.3 is 0 Å². The van der Waals surface area contributed by atoms with Crippen molar-refractivity contribution in [3.8, 4) is 0 Å². The van der Waals surface area contributed by atoms with Gasteiger partial charge in [0.25, 0.3) is 5.91 Å². The lowest BCUT2D eigenvalue weighted by Crippen LogP contribution is -2.64. The van der Waals surface area contributed by atoms with E-state index in [9.17, 15) is 14.4 Å². The maximum atomic E-state index is 12.1. The first-order valence-electron chi connectivity index (χ1n) is 7.33. The fourth-order valence-corrected chi connectivity index (χ4v) is 2.70. The predicted molar refractivity (Wildman–Crippen MR) is 71.8 cm³/mol. The number of nitrogens with one attached hydrogen (secondary N) is 1. The molecule has 0 aromatic rings. The molecular weight excluding hydrogens is 260 g/mol. The normalized spacial score (nSPS) is 26.8. The Morgan fingerprint density at radius 1 is 1.40 bits per heavy atom. The quantitative estimate of drug-likeness (QED) is 0.605. The van der Waals surface area contributed by atoms with Crippen LogP contribution in [-0.2, 0) is 19.1 Å². The fraction of sp³-hybridized carbons (Fsp3) is 0.786. The van der Waals surface area contributed by atoms with Gasteiger partial charge in [-0.15, -0.1) is 0 Å². The Bertz CT molecular complexity index is 410. The first-order valence-corrected chi connectivity index (χ1v) is 7.33. The first kappa shape index (κ1) is 15.0. The van der Waals surface area contributed by atoms with Crippen LogP contribution < -0.4 is 5.32 Å². The van der Waals surface area contributed by atoms with Crippen LogP contribution >= 0.6 is 0 Å². The van der Waals surface area contributed by atoms with E-state index in [1.54, 1.807) is 4.90 Å². The largest absolute Gasteiger partial charge is 0.361 e. The van der Waals surface area contributed by atoms with Crippen LogP contribution in [0.3, 0.4) is 0 Å². The molecule has 0 aromatic carbocycles. The van der Waals surface area contributed by atoms with Crippen molar-refractivity contribution in [2.45, 2.75) is 51.0 Å². The molecule has 2 saturated heterocycles. The molecule has 3 amide bonds. The van der Waals surface area contributed by atoms with Crippen LogP contribution in [0.1, 0.15) is 45.4 Å². The van der Waals surface area contributed by atoms with Gasteiger partial charge in [0.15, 0.2) is 5.60 Å². The Morgan fingerprint density at radius 2 is 2.20 bits per heavy atom. The van der Waals surface area contributed by atoms with E-state index in [2.05, 4.69) is 12.2 Å². The summed E-state index contributed by atoms with van der Waals surface area (Å²) in [7, 11) is 0. The molecule has 1 N–H and O–H groups in total. The van der Waals surface area contributed by atoms with Gasteiger partial charge in [-0.3, -0.25) is 19.7 Å². The number of rotatable bonds is 4. The minimum Gasteiger partial charge on any atom is -0.361 e. The lowest BCUT2D eigenvalue weighted by atomic mass is 9.90. The highest BCUT2D eigenvalue weighted by Gasteiger charge is 2.47. The molecule has 2 heterocycles. The number of amides is 3. The molecule has 1 spiro atoms. The van der Waals surface area contributed by atoms with E-state index in [4.69, 9.17) is 4.74 Å². The minimum atomic E-state index is -1.02. The second-order valence-electron chi connectivity index (χ2n) is 5.49. The molecule has 2 aliphatic rings. The maximum absolute atomic E-state index is 12.1. The van der Waals surface area contributed by atoms with E-state index in [-0.39, 0.29) is 24.8 Å². The Labute approximate surface area is 118 Å². The molecule has 2 aliphatic heterocycles. The second kappa shape index (κ2) is 6.35. The highest BCUT2D eigenvalue weighted by Crippen LogP contribution is 2.27. The topological polar surface area (TPSA) is 75.7 Å². The monoisotopic (exact) mass is 282 g/mol. The molecule has 6 heteroatoms. The standard InChI is InChI=1S/C14H22N2O4/c1-2-3-4-5-12(18)16-8-9-20-14(10-16)7-6-11(17)15-13(14)19/h2-10H2,1H3,(H,15,17,19). The van der Waals surface area contributed by atoms with Crippen LogP contribution in [0.2, 0.25) is 0 Å². The predicted octanol–water partition coefficient (Wildman–Crippen LogP) is 0.601. The molecule has 0 aromatic heterocycles. The van der Waals surface area contributed by atoms with Gasteiger partial charge in [-0.1, -0.05) is 19.8 Å². The van der Waals surface area contributed by atoms with Gasteiger partial charge in [-0.25, -0.2) is 0 Å². The number of ether oxygens (including phenoxy) is 1. The Balaban J connectivity index is 1.95. The molecule has 0 bridgehead atoms. The van der Waals surface area contributed by atoms with Crippen LogP contribution in [0.15, 0.2) is 0 Å². The third-order valence-corrected chi connectivity index (χ3v) is 3.96. The summed E-state index contributed by atoms with van der Waals surface area (Å²) in [5.41, 5.74) is -1.02. The lowest BCUT2D eigenvalue weighted by Gasteiger charge is -2.43. The third kappa shape index (κ3) is 3.17. The molecule has 0 aliphatic carbocycles. The van der Waals surface area contributed by atoms with E-state index in [0.717, 1.165) is 19.3 Å². The van der Waals surface area contributed by atoms with Gasteiger partial charge in [0, 0.05) is 19.4 Å². The summed E-state index contributed by atoms with van der Waals surface area (Å²) in [4.78, 5) is 37.1. The van der Waals surface area contributed by atoms with Crippen LogP contribution in [0.4, 0.5) is 0 Å². The highest BCUT2D eigenvalue weighted by molar-refractivity contribution is 6.02. The molecule has 2 rings (SSSR count). The van der Waals surface area contributed by atoms with Crippen molar-refractivity contribution < 1.29 is 19.1 Å². The number of morpholine rings is 1. The average molecular weight is 282 g/mol. The molecule has 0 saturated carbocycles. The molecule has 0 radical (unpaired) electrons. The number of unbranched alkanes of at least 4 members (excludes halogenated alkanes) is 2. The van der Waals surface area contributed by atoms with E-state index in [1.807, 2.05) is 0 Å². The summed E-state index contributed by atoms with van der Waals surface area (Å²) < 4.78 is 5.61. The van der Waals surface area contributed by atoms with E-state index in [0.29, 0.717) is 26.0 Å². The summed E-state index contributed by atoms with van der Waals surface area (Å²) in [5, 5.41) is 2.31.